The van der Waals surface area contributed by atoms with E-state index in [1.54, 1.807) is 13.2 Å². The molecule has 1 atom stereocenters. The minimum absolute atomic E-state index is 0.000103. The smallest absolute Gasteiger partial charge is 0.251 e. The minimum atomic E-state index is -0.569. The van der Waals surface area contributed by atoms with E-state index in [9.17, 15) is 14.7 Å². The molecule has 0 bridgehead atoms. The predicted molar refractivity (Wildman–Crippen MR) is 159 cm³/mol. The number of anilines is 1. The zero-order valence-corrected chi connectivity index (χ0v) is 22.8. The van der Waals surface area contributed by atoms with Gasteiger partial charge < -0.3 is 25.8 Å². The van der Waals surface area contributed by atoms with E-state index in [1.807, 2.05) is 97.9 Å². The SMILES string of the molecule is COc1ccc(NCCNC(=O)C(CNC(=O)c2cccc(C)c2)c2ccc(-c3ccc(CO)cc3)cc2)cc1. The van der Waals surface area contributed by atoms with Gasteiger partial charge in [-0.1, -0.05) is 66.2 Å². The first-order chi connectivity index (χ1) is 19.5. The highest BCUT2D eigenvalue weighted by Gasteiger charge is 2.22. The van der Waals surface area contributed by atoms with Crippen molar-refractivity contribution in [2.45, 2.75) is 19.4 Å². The van der Waals surface area contributed by atoms with Crippen molar-refractivity contribution in [1.82, 2.24) is 10.6 Å². The van der Waals surface area contributed by atoms with Crippen LogP contribution in [0.2, 0.25) is 0 Å². The van der Waals surface area contributed by atoms with Crippen LogP contribution in [-0.4, -0.2) is 43.7 Å². The second-order valence-corrected chi connectivity index (χ2v) is 9.56. The van der Waals surface area contributed by atoms with Gasteiger partial charge in [-0.2, -0.15) is 0 Å². The zero-order valence-electron chi connectivity index (χ0n) is 22.8. The van der Waals surface area contributed by atoms with E-state index in [-0.39, 0.29) is 25.0 Å². The number of nitrogens with one attached hydrogen (secondary N) is 3. The van der Waals surface area contributed by atoms with Gasteiger partial charge in [0, 0.05) is 30.9 Å². The highest BCUT2D eigenvalue weighted by atomic mass is 16.5. The number of methoxy groups -OCH3 is 1. The van der Waals surface area contributed by atoms with Crippen molar-refractivity contribution in [3.63, 3.8) is 0 Å². The second kappa shape index (κ2) is 14.0. The highest BCUT2D eigenvalue weighted by Crippen LogP contribution is 2.24. The normalized spacial score (nSPS) is 11.4. The number of rotatable bonds is 12. The number of ether oxygens (including phenoxy) is 1. The third kappa shape index (κ3) is 7.71. The summed E-state index contributed by atoms with van der Waals surface area (Å²) in [5, 5.41) is 18.5. The number of aryl methyl sites for hydroxylation is 1. The number of aliphatic hydroxyl groups excluding tert-OH is 1. The topological polar surface area (TPSA) is 99.7 Å². The molecular weight excluding hydrogens is 502 g/mol. The van der Waals surface area contributed by atoms with Crippen LogP contribution in [0.15, 0.2) is 97.1 Å². The summed E-state index contributed by atoms with van der Waals surface area (Å²) in [6.45, 7) is 3.06. The van der Waals surface area contributed by atoms with Crippen molar-refractivity contribution in [1.29, 1.82) is 0 Å². The van der Waals surface area contributed by atoms with Crippen molar-refractivity contribution in [2.24, 2.45) is 0 Å². The molecule has 4 aromatic rings. The molecule has 0 aliphatic rings. The van der Waals surface area contributed by atoms with Crippen molar-refractivity contribution in [2.75, 3.05) is 32.1 Å². The number of hydrogen-bond donors (Lipinski definition) is 4. The van der Waals surface area contributed by atoms with E-state index in [0.717, 1.165) is 39.3 Å². The maximum Gasteiger partial charge on any atom is 0.251 e. The molecule has 206 valence electrons. The molecule has 0 saturated heterocycles. The van der Waals surface area contributed by atoms with Crippen LogP contribution in [0.1, 0.15) is 33.0 Å². The standard InChI is InChI=1S/C33H35N3O4/c1-23-4-3-5-28(20-23)32(38)36-21-31(33(39)35-19-18-34-29-14-16-30(40-2)17-15-29)27-12-10-26(11-13-27)25-8-6-24(22-37)7-9-25/h3-17,20,31,34,37H,18-19,21-22H2,1-2H3,(H,35,39)(H,36,38). The van der Waals surface area contributed by atoms with Gasteiger partial charge in [-0.25, -0.2) is 0 Å². The molecule has 4 rings (SSSR count). The number of carbonyl (C=O) groups is 2. The number of carbonyl (C=O) groups excluding carboxylic acids is 2. The van der Waals surface area contributed by atoms with Crippen LogP contribution in [0.3, 0.4) is 0 Å². The lowest BCUT2D eigenvalue weighted by Gasteiger charge is -2.19. The molecule has 7 heteroatoms. The summed E-state index contributed by atoms with van der Waals surface area (Å²) >= 11 is 0. The fraction of sp³-hybridized carbons (Fsp3) is 0.212. The van der Waals surface area contributed by atoms with Crippen molar-refractivity contribution < 1.29 is 19.4 Å². The molecule has 2 amide bonds. The second-order valence-electron chi connectivity index (χ2n) is 9.56. The lowest BCUT2D eigenvalue weighted by Crippen LogP contribution is -2.39. The minimum Gasteiger partial charge on any atom is -0.497 e. The van der Waals surface area contributed by atoms with Crippen molar-refractivity contribution >= 4 is 17.5 Å². The molecule has 0 aliphatic carbocycles. The van der Waals surface area contributed by atoms with Gasteiger partial charge in [0.2, 0.25) is 5.91 Å². The Hall–Kier alpha value is -4.62. The molecule has 0 saturated carbocycles. The van der Waals surface area contributed by atoms with Crippen LogP contribution in [0.4, 0.5) is 5.69 Å². The molecule has 0 aliphatic heterocycles. The van der Waals surface area contributed by atoms with Crippen LogP contribution in [0.5, 0.6) is 5.75 Å². The Morgan fingerprint density at radius 3 is 2.12 bits per heavy atom. The number of benzene rings is 4. The maximum atomic E-state index is 13.3. The van der Waals surface area contributed by atoms with Crippen LogP contribution in [0, 0.1) is 6.92 Å². The Kier molecular flexibility index (Phi) is 9.91. The molecular formula is C33H35N3O4. The van der Waals surface area contributed by atoms with Crippen molar-refractivity contribution in [3.8, 4) is 16.9 Å². The quantitative estimate of drug-likeness (QED) is 0.193. The summed E-state index contributed by atoms with van der Waals surface area (Å²) in [7, 11) is 1.63. The van der Waals surface area contributed by atoms with E-state index >= 15 is 0 Å². The van der Waals surface area contributed by atoms with Crippen molar-refractivity contribution in [3.05, 3.63) is 119 Å². The van der Waals surface area contributed by atoms with E-state index < -0.39 is 5.92 Å². The van der Waals surface area contributed by atoms with Gasteiger partial charge >= 0.3 is 0 Å². The molecule has 0 fully saturated rings. The molecule has 7 nitrogen and oxygen atoms in total. The van der Waals surface area contributed by atoms with E-state index in [4.69, 9.17) is 4.74 Å². The first-order valence-corrected chi connectivity index (χ1v) is 13.3. The van der Waals surface area contributed by atoms with Crippen LogP contribution >= 0.6 is 0 Å². The van der Waals surface area contributed by atoms with E-state index in [1.165, 1.54) is 0 Å². The van der Waals surface area contributed by atoms with Gasteiger partial charge in [-0.3, -0.25) is 9.59 Å². The molecule has 4 aromatic carbocycles. The Balaban J connectivity index is 1.43. The Bertz CT molecular complexity index is 1400. The van der Waals surface area contributed by atoms with Crippen LogP contribution < -0.4 is 20.7 Å². The summed E-state index contributed by atoms with van der Waals surface area (Å²) in [5.74, 6) is -0.174. The third-order valence-electron chi connectivity index (χ3n) is 6.69. The van der Waals surface area contributed by atoms with Gasteiger partial charge in [-0.05, 0) is 65.6 Å². The van der Waals surface area contributed by atoms with Gasteiger partial charge in [0.05, 0.1) is 19.6 Å². The Morgan fingerprint density at radius 2 is 1.50 bits per heavy atom. The van der Waals surface area contributed by atoms with Gasteiger partial charge in [-0.15, -0.1) is 0 Å². The largest absolute Gasteiger partial charge is 0.497 e. The molecule has 0 heterocycles. The number of aliphatic hydroxyl groups is 1. The monoisotopic (exact) mass is 537 g/mol. The van der Waals surface area contributed by atoms with E-state index in [2.05, 4.69) is 16.0 Å². The molecule has 0 radical (unpaired) electrons. The Morgan fingerprint density at radius 1 is 0.825 bits per heavy atom. The summed E-state index contributed by atoms with van der Waals surface area (Å²) in [4.78, 5) is 26.2. The van der Waals surface area contributed by atoms with Crippen LogP contribution in [0.25, 0.3) is 11.1 Å². The zero-order chi connectivity index (χ0) is 28.3. The number of amides is 2. The predicted octanol–water partition coefficient (Wildman–Crippen LogP) is 4.90. The lowest BCUT2D eigenvalue weighted by atomic mass is 9.95. The Labute approximate surface area is 235 Å². The summed E-state index contributed by atoms with van der Waals surface area (Å²) in [6.07, 6.45) is 0. The number of hydrogen-bond acceptors (Lipinski definition) is 5. The van der Waals surface area contributed by atoms with Gasteiger partial charge in [0.1, 0.15) is 5.75 Å². The summed E-state index contributed by atoms with van der Waals surface area (Å²) in [6, 6.07) is 30.4. The molecule has 1 unspecified atom stereocenters. The highest BCUT2D eigenvalue weighted by molar-refractivity contribution is 5.95. The molecule has 40 heavy (non-hydrogen) atoms. The first-order valence-electron chi connectivity index (χ1n) is 13.3. The fourth-order valence-corrected chi connectivity index (χ4v) is 4.38. The van der Waals surface area contributed by atoms with Gasteiger partial charge in [0.15, 0.2) is 0 Å². The van der Waals surface area contributed by atoms with Crippen LogP contribution in [-0.2, 0) is 11.4 Å². The fourth-order valence-electron chi connectivity index (χ4n) is 4.38. The average molecular weight is 538 g/mol. The maximum absolute atomic E-state index is 13.3. The third-order valence-corrected chi connectivity index (χ3v) is 6.69. The summed E-state index contributed by atoms with van der Waals surface area (Å²) < 4.78 is 5.19. The van der Waals surface area contributed by atoms with E-state index in [0.29, 0.717) is 18.7 Å². The molecule has 0 aromatic heterocycles. The first kappa shape index (κ1) is 28.4. The molecule has 4 N–H and O–H groups in total. The summed E-state index contributed by atoms with van der Waals surface area (Å²) in [5.41, 5.74) is 6.16. The lowest BCUT2D eigenvalue weighted by molar-refractivity contribution is -0.122. The average Bonchev–Trinajstić information content (AvgIpc) is 3.00. The molecule has 0 spiro atoms. The van der Waals surface area contributed by atoms with Gasteiger partial charge in [0.25, 0.3) is 5.91 Å².